The van der Waals surface area contributed by atoms with Crippen LogP contribution < -0.4 is 0 Å². The Hall–Kier alpha value is -1.18. The first-order valence-corrected chi connectivity index (χ1v) is 23.6. The number of fused-ring (bicyclic) bond motifs is 7. The number of hydrogen-bond donors (Lipinski definition) is 12. The summed E-state index contributed by atoms with van der Waals surface area (Å²) in [6.45, 7) is 7.37. The van der Waals surface area contributed by atoms with E-state index in [1.54, 1.807) is 0 Å². The average molecular weight is 919 g/mol. The molecule has 7 fully saturated rings. The summed E-state index contributed by atoms with van der Waals surface area (Å²) in [5, 5.41) is 125. The molecule has 0 bridgehead atoms. The zero-order valence-corrected chi connectivity index (χ0v) is 37.3. The van der Waals surface area contributed by atoms with E-state index < -0.39 is 124 Å². The summed E-state index contributed by atoms with van der Waals surface area (Å²) in [5.74, 6) is 2.88. The average Bonchev–Trinajstić information content (AvgIpc) is 3.76. The van der Waals surface area contributed by atoms with Gasteiger partial charge in [0.25, 0.3) is 0 Å². The molecule has 19 nitrogen and oxygen atoms in total. The number of aliphatic hydroxyl groups is 12. The Morgan fingerprint density at radius 3 is 1.89 bits per heavy atom. The van der Waals surface area contributed by atoms with Crippen molar-refractivity contribution in [3.05, 3.63) is 11.3 Å². The van der Waals surface area contributed by atoms with Crippen molar-refractivity contribution in [1.82, 2.24) is 0 Å². The van der Waals surface area contributed by atoms with Crippen molar-refractivity contribution >= 4 is 0 Å². The molecule has 0 aromatic heterocycles. The minimum atomic E-state index is -1.79. The lowest BCUT2D eigenvalue weighted by Crippen LogP contribution is -2.65. The van der Waals surface area contributed by atoms with E-state index in [-0.39, 0.29) is 35.4 Å². The molecule has 8 rings (SSSR count). The van der Waals surface area contributed by atoms with E-state index in [1.807, 2.05) is 6.92 Å². The van der Waals surface area contributed by atoms with E-state index in [2.05, 4.69) is 20.8 Å². The second kappa shape index (κ2) is 19.3. The molecule has 19 heteroatoms. The smallest absolute Gasteiger partial charge is 0.187 e. The second-order valence-electron chi connectivity index (χ2n) is 21.0. The lowest BCUT2D eigenvalue weighted by atomic mass is 9.44. The SMILES string of the molecule is CC1=C(CCC(C)CO[C@@H]2O[C@H](CO)[C@@H](O)[C@@H](O)[C@H]2O)OC2CC3C4CC[C@@H]5C[C@@H](O[C@@H]6O[C@H](CO)[C@H](O)[C@@H](O)[C@H]6O[C@@H]6O[C@H](CO)[C@@H](O)[C@@H](O)[C@H]6O)[C@@H](O)C[C@]5(C)C4CC[C@]3(C)C12. The molecule has 0 amide bonds. The molecule has 4 aliphatic heterocycles. The number of rotatable bonds is 13. The maximum atomic E-state index is 11.9. The fourth-order valence-corrected chi connectivity index (χ4v) is 13.7. The van der Waals surface area contributed by atoms with Gasteiger partial charge in [-0.1, -0.05) is 20.8 Å². The zero-order valence-electron chi connectivity index (χ0n) is 37.3. The Labute approximate surface area is 373 Å². The molecule has 12 N–H and O–H groups in total. The Bertz CT molecular complexity index is 1620. The molecule has 0 aromatic rings. The lowest BCUT2D eigenvalue weighted by molar-refractivity contribution is -0.376. The molecule has 8 aliphatic rings. The van der Waals surface area contributed by atoms with Crippen LogP contribution in [0.3, 0.4) is 0 Å². The van der Waals surface area contributed by atoms with Crippen LogP contribution in [0.4, 0.5) is 0 Å². The van der Waals surface area contributed by atoms with E-state index in [9.17, 15) is 61.3 Å². The third-order valence-corrected chi connectivity index (χ3v) is 17.4. The molecule has 368 valence electrons. The van der Waals surface area contributed by atoms with Gasteiger partial charge >= 0.3 is 0 Å². The van der Waals surface area contributed by atoms with Crippen molar-refractivity contribution < 1.29 is 94.4 Å². The first-order valence-electron chi connectivity index (χ1n) is 23.6. The largest absolute Gasteiger partial charge is 0.494 e. The molecule has 26 atom stereocenters. The molecule has 64 heavy (non-hydrogen) atoms. The summed E-state index contributed by atoms with van der Waals surface area (Å²) >= 11 is 0. The quantitative estimate of drug-likeness (QED) is 0.0902. The van der Waals surface area contributed by atoms with Crippen molar-refractivity contribution in [2.45, 2.75) is 196 Å². The van der Waals surface area contributed by atoms with Crippen LogP contribution in [-0.4, -0.2) is 198 Å². The van der Waals surface area contributed by atoms with E-state index in [4.69, 9.17) is 33.2 Å². The van der Waals surface area contributed by atoms with Crippen molar-refractivity contribution in [2.75, 3.05) is 26.4 Å². The Morgan fingerprint density at radius 2 is 1.25 bits per heavy atom. The van der Waals surface area contributed by atoms with E-state index in [0.29, 0.717) is 36.5 Å². The topological polar surface area (TPSA) is 307 Å². The maximum Gasteiger partial charge on any atom is 0.187 e. The van der Waals surface area contributed by atoms with Crippen LogP contribution in [0.1, 0.15) is 85.5 Å². The monoisotopic (exact) mass is 918 g/mol. The minimum absolute atomic E-state index is 0.0561. The zero-order chi connectivity index (χ0) is 46.2. The summed E-state index contributed by atoms with van der Waals surface area (Å²) < 4.78 is 41.9. The molecule has 0 aromatic carbocycles. The van der Waals surface area contributed by atoms with Crippen LogP contribution >= 0.6 is 0 Å². The Morgan fingerprint density at radius 1 is 0.656 bits per heavy atom. The first-order chi connectivity index (χ1) is 30.4. The third kappa shape index (κ3) is 8.63. The highest BCUT2D eigenvalue weighted by Crippen LogP contribution is 2.70. The van der Waals surface area contributed by atoms with Crippen LogP contribution in [-0.2, 0) is 33.2 Å². The molecule has 6 unspecified atom stereocenters. The predicted octanol–water partition coefficient (Wildman–Crippen LogP) is -1.86. The molecule has 0 radical (unpaired) electrons. The predicted molar refractivity (Wildman–Crippen MR) is 219 cm³/mol. The third-order valence-electron chi connectivity index (χ3n) is 17.4. The van der Waals surface area contributed by atoms with E-state index in [1.165, 1.54) is 5.57 Å². The van der Waals surface area contributed by atoms with Gasteiger partial charge in [-0.3, -0.25) is 0 Å². The maximum absolute atomic E-state index is 11.9. The normalized spacial score (nSPS) is 53.2. The number of ether oxygens (including phenoxy) is 7. The molecule has 3 saturated heterocycles. The molecule has 0 spiro atoms. The Balaban J connectivity index is 0.888. The summed E-state index contributed by atoms with van der Waals surface area (Å²) in [4.78, 5) is 0. The van der Waals surface area contributed by atoms with Gasteiger partial charge in [-0.15, -0.1) is 0 Å². The molecular weight excluding hydrogens is 844 g/mol. The fourth-order valence-electron chi connectivity index (χ4n) is 13.7. The summed E-state index contributed by atoms with van der Waals surface area (Å²) in [6, 6.07) is 0. The summed E-state index contributed by atoms with van der Waals surface area (Å²) in [7, 11) is 0. The second-order valence-corrected chi connectivity index (χ2v) is 21.0. The van der Waals surface area contributed by atoms with Crippen LogP contribution in [0.2, 0.25) is 0 Å². The van der Waals surface area contributed by atoms with Gasteiger partial charge in [0, 0.05) is 12.3 Å². The fraction of sp³-hybridized carbons (Fsp3) is 0.956. The van der Waals surface area contributed by atoms with Gasteiger partial charge in [-0.25, -0.2) is 0 Å². The number of aliphatic hydroxyl groups excluding tert-OH is 12. The van der Waals surface area contributed by atoms with Crippen LogP contribution in [0.5, 0.6) is 0 Å². The molecule has 4 aliphatic carbocycles. The van der Waals surface area contributed by atoms with Gasteiger partial charge in [-0.2, -0.15) is 0 Å². The van der Waals surface area contributed by atoms with E-state index in [0.717, 1.165) is 50.7 Å². The number of allylic oxidation sites excluding steroid dienone is 1. The van der Waals surface area contributed by atoms with Gasteiger partial charge in [0.1, 0.15) is 79.4 Å². The van der Waals surface area contributed by atoms with Crippen molar-refractivity contribution in [3.8, 4) is 0 Å². The van der Waals surface area contributed by atoms with Crippen LogP contribution in [0.25, 0.3) is 0 Å². The molecule has 4 saturated carbocycles. The van der Waals surface area contributed by atoms with Gasteiger partial charge in [0.2, 0.25) is 0 Å². The standard InChI is InChI=1S/C45H74O19/c1-18(17-58-41-38(56)35(53)32(50)28(14-46)61-41)5-8-25-19(2)31-27(59-25)12-23-21-7-6-20-11-26(24(49)13-45(20,4)22(21)9-10-44(23,31)3)60-43-40(37(55)34(52)30(16-48)63-43)64-42-39(57)36(54)33(51)29(15-47)62-42/h18,20-24,26-43,46-57H,5-17H2,1-4H3/t18?,20-,21?,22?,23?,24+,26-,27?,28-,29-,30-,31?,32-,33-,34+,35-,36-,37-,38-,39-,40-,41-,42+,43-,44+,45+/m1/s1. The summed E-state index contributed by atoms with van der Waals surface area (Å²) in [6.07, 6.45) is -16.4. The first kappa shape index (κ1) is 49.2. The molecular formula is C45H74O19. The van der Waals surface area contributed by atoms with Crippen molar-refractivity contribution in [3.63, 3.8) is 0 Å². The highest BCUT2D eigenvalue weighted by molar-refractivity contribution is 5.27. The van der Waals surface area contributed by atoms with E-state index >= 15 is 0 Å². The van der Waals surface area contributed by atoms with Gasteiger partial charge in [-0.05, 0) is 104 Å². The molecule has 4 heterocycles. The van der Waals surface area contributed by atoms with Gasteiger partial charge < -0.3 is 94.4 Å². The van der Waals surface area contributed by atoms with Crippen molar-refractivity contribution in [1.29, 1.82) is 0 Å². The number of hydrogen-bond acceptors (Lipinski definition) is 19. The van der Waals surface area contributed by atoms with Gasteiger partial charge in [0.15, 0.2) is 18.9 Å². The van der Waals surface area contributed by atoms with Crippen molar-refractivity contribution in [2.24, 2.45) is 46.3 Å². The minimum Gasteiger partial charge on any atom is -0.494 e. The van der Waals surface area contributed by atoms with Crippen LogP contribution in [0, 0.1) is 46.3 Å². The lowest BCUT2D eigenvalue weighted by Gasteiger charge is -2.61. The highest BCUT2D eigenvalue weighted by atomic mass is 16.8. The summed E-state index contributed by atoms with van der Waals surface area (Å²) in [5.41, 5.74) is 1.18. The highest BCUT2D eigenvalue weighted by Gasteiger charge is 2.65. The van der Waals surface area contributed by atoms with Gasteiger partial charge in [0.05, 0.1) is 44.4 Å². The Kier molecular flexibility index (Phi) is 14.9. The van der Waals surface area contributed by atoms with Crippen LogP contribution in [0.15, 0.2) is 11.3 Å².